The third kappa shape index (κ3) is 3.25. The van der Waals surface area contributed by atoms with Gasteiger partial charge in [-0.3, -0.25) is 0 Å². The Balaban J connectivity index is 1.68. The highest BCUT2D eigenvalue weighted by atomic mass is 16.3. The van der Waals surface area contributed by atoms with Crippen LogP contribution >= 0.6 is 0 Å². The minimum Gasteiger partial charge on any atom is -0.392 e. The maximum Gasteiger partial charge on any atom is 0.0658 e. The van der Waals surface area contributed by atoms with Gasteiger partial charge in [-0.1, -0.05) is 64.3 Å². The molecule has 0 bridgehead atoms. The first-order valence-corrected chi connectivity index (χ1v) is 13.5. The summed E-state index contributed by atoms with van der Waals surface area (Å²) in [6, 6.07) is 0. The number of fused-ring (bicyclic) bond motifs is 4. The number of hydrogen-bond donors (Lipinski definition) is 2. The Morgan fingerprint density at radius 2 is 1.66 bits per heavy atom. The van der Waals surface area contributed by atoms with Crippen LogP contribution in [0.1, 0.15) is 113 Å². The molecule has 4 aliphatic carbocycles. The molecule has 0 aromatic heterocycles. The highest BCUT2D eigenvalue weighted by molar-refractivity contribution is 5.39. The fourth-order valence-corrected chi connectivity index (χ4v) is 9.42. The maximum absolute atomic E-state index is 11.4. The van der Waals surface area contributed by atoms with Gasteiger partial charge in [-0.15, -0.1) is 0 Å². The second kappa shape index (κ2) is 7.98. The van der Waals surface area contributed by atoms with Gasteiger partial charge in [0.05, 0.1) is 12.2 Å². The molecule has 2 saturated carbocycles. The largest absolute Gasteiger partial charge is 0.392 e. The van der Waals surface area contributed by atoms with E-state index in [0.717, 1.165) is 24.7 Å². The summed E-state index contributed by atoms with van der Waals surface area (Å²) >= 11 is 0. The van der Waals surface area contributed by atoms with E-state index in [1.807, 2.05) is 0 Å². The zero-order chi connectivity index (χ0) is 23.7. The predicted molar refractivity (Wildman–Crippen MR) is 134 cm³/mol. The van der Waals surface area contributed by atoms with E-state index in [1.165, 1.54) is 44.1 Å². The van der Waals surface area contributed by atoms with Gasteiger partial charge in [0.1, 0.15) is 0 Å². The first-order chi connectivity index (χ1) is 14.8. The van der Waals surface area contributed by atoms with Crippen LogP contribution < -0.4 is 0 Å². The Labute approximate surface area is 198 Å². The van der Waals surface area contributed by atoms with Crippen LogP contribution in [0.25, 0.3) is 0 Å². The fraction of sp³-hybridized carbons (Fsp3) is 0.867. The van der Waals surface area contributed by atoms with Crippen LogP contribution in [0.15, 0.2) is 22.8 Å². The van der Waals surface area contributed by atoms with Crippen molar-refractivity contribution >= 4 is 0 Å². The van der Waals surface area contributed by atoms with E-state index in [1.54, 1.807) is 11.1 Å². The summed E-state index contributed by atoms with van der Waals surface area (Å²) < 4.78 is 0. The maximum atomic E-state index is 11.4. The van der Waals surface area contributed by atoms with Crippen molar-refractivity contribution in [2.24, 2.45) is 39.4 Å². The lowest BCUT2D eigenvalue weighted by Gasteiger charge is -2.63. The number of aliphatic hydroxyl groups excluding tert-OH is 2. The monoisotopic (exact) mass is 442 g/mol. The van der Waals surface area contributed by atoms with E-state index in [9.17, 15) is 10.2 Å². The highest BCUT2D eigenvalue weighted by Crippen LogP contribution is 2.72. The van der Waals surface area contributed by atoms with E-state index >= 15 is 0 Å². The van der Waals surface area contributed by atoms with Crippen LogP contribution in [-0.2, 0) is 0 Å². The average Bonchev–Trinajstić information content (AvgIpc) is 2.98. The third-order valence-corrected chi connectivity index (χ3v) is 11.8. The summed E-state index contributed by atoms with van der Waals surface area (Å²) in [5.41, 5.74) is 5.09. The van der Waals surface area contributed by atoms with Crippen molar-refractivity contribution in [3.8, 4) is 0 Å². The lowest BCUT2D eigenvalue weighted by Crippen LogP contribution is -2.60. The second-order valence-corrected chi connectivity index (χ2v) is 13.7. The average molecular weight is 443 g/mol. The van der Waals surface area contributed by atoms with E-state index in [2.05, 4.69) is 61.5 Å². The molecular formula is C30H50O2. The van der Waals surface area contributed by atoms with Crippen LogP contribution in [0.2, 0.25) is 0 Å². The van der Waals surface area contributed by atoms with E-state index in [0.29, 0.717) is 17.8 Å². The lowest BCUT2D eigenvalue weighted by molar-refractivity contribution is -0.155. The van der Waals surface area contributed by atoms with Crippen LogP contribution in [0, 0.1) is 39.4 Å². The summed E-state index contributed by atoms with van der Waals surface area (Å²) in [7, 11) is 0. The molecule has 4 rings (SSSR count). The molecule has 0 aromatic carbocycles. The van der Waals surface area contributed by atoms with Crippen molar-refractivity contribution in [3.63, 3.8) is 0 Å². The van der Waals surface area contributed by atoms with Crippen molar-refractivity contribution in [3.05, 3.63) is 22.8 Å². The zero-order valence-electron chi connectivity index (χ0n) is 22.2. The van der Waals surface area contributed by atoms with Gasteiger partial charge in [0.2, 0.25) is 0 Å². The third-order valence-electron chi connectivity index (χ3n) is 11.8. The van der Waals surface area contributed by atoms with Crippen LogP contribution in [0.4, 0.5) is 0 Å². The normalized spacial score (nSPS) is 46.2. The van der Waals surface area contributed by atoms with Gasteiger partial charge in [0, 0.05) is 11.8 Å². The molecule has 32 heavy (non-hydrogen) atoms. The van der Waals surface area contributed by atoms with E-state index in [-0.39, 0.29) is 16.2 Å². The molecule has 182 valence electrons. The molecule has 2 heteroatoms. The molecule has 0 aliphatic heterocycles. The number of allylic oxidation sites excluding steroid dienone is 3. The minimum atomic E-state index is -0.422. The molecule has 0 heterocycles. The number of rotatable bonds is 4. The van der Waals surface area contributed by atoms with Crippen molar-refractivity contribution in [1.82, 2.24) is 0 Å². The fourth-order valence-electron chi connectivity index (χ4n) is 9.42. The molecule has 2 nitrogen and oxygen atoms in total. The molecule has 0 spiro atoms. The first kappa shape index (κ1) is 24.5. The molecule has 2 fully saturated rings. The molecule has 0 radical (unpaired) electrons. The van der Waals surface area contributed by atoms with Gasteiger partial charge in [-0.05, 0) is 99.2 Å². The Hall–Kier alpha value is -0.600. The predicted octanol–water partition coefficient (Wildman–Crippen LogP) is 7.45. The summed E-state index contributed by atoms with van der Waals surface area (Å²) in [6.07, 6.45) is 12.0. The topological polar surface area (TPSA) is 40.5 Å². The quantitative estimate of drug-likeness (QED) is 0.444. The van der Waals surface area contributed by atoms with Gasteiger partial charge < -0.3 is 10.2 Å². The molecule has 0 saturated heterocycles. The molecule has 2 N–H and O–H groups in total. The smallest absolute Gasteiger partial charge is 0.0658 e. The molecule has 0 aromatic rings. The Bertz CT molecular complexity index is 802. The molecular weight excluding hydrogens is 392 g/mol. The van der Waals surface area contributed by atoms with Crippen molar-refractivity contribution in [2.75, 3.05) is 0 Å². The highest BCUT2D eigenvalue weighted by Gasteiger charge is 2.65. The second-order valence-electron chi connectivity index (χ2n) is 13.7. The van der Waals surface area contributed by atoms with Crippen LogP contribution in [0.5, 0.6) is 0 Å². The van der Waals surface area contributed by atoms with Gasteiger partial charge in [0.25, 0.3) is 0 Å². The Kier molecular flexibility index (Phi) is 6.11. The zero-order valence-corrected chi connectivity index (χ0v) is 22.2. The van der Waals surface area contributed by atoms with E-state index in [4.69, 9.17) is 0 Å². The summed E-state index contributed by atoms with van der Waals surface area (Å²) in [5, 5.41) is 22.2. The summed E-state index contributed by atoms with van der Waals surface area (Å²) in [5.74, 6) is 1.92. The first-order valence-electron chi connectivity index (χ1n) is 13.5. The SMILES string of the molecule is CC(C)=CCC[C@@H](C)[C@H]1CC[C@@]2(C)C3=C(CC[C@]12C)[C@@]1(C)C(O)C[C@H](O)C(C)(C)[C@@H]1CC3. The molecule has 1 unspecified atom stereocenters. The summed E-state index contributed by atoms with van der Waals surface area (Å²) in [6.45, 7) is 19.0. The van der Waals surface area contributed by atoms with Gasteiger partial charge in [0.15, 0.2) is 0 Å². The minimum absolute atomic E-state index is 0.133. The lowest BCUT2D eigenvalue weighted by atomic mass is 9.42. The van der Waals surface area contributed by atoms with Crippen molar-refractivity contribution < 1.29 is 10.2 Å². The molecule has 8 atom stereocenters. The van der Waals surface area contributed by atoms with Crippen molar-refractivity contribution in [1.29, 1.82) is 0 Å². The van der Waals surface area contributed by atoms with Crippen LogP contribution in [-0.4, -0.2) is 22.4 Å². The molecule has 4 aliphatic rings. The number of aliphatic hydroxyl groups is 2. The van der Waals surface area contributed by atoms with Gasteiger partial charge in [-0.2, -0.15) is 0 Å². The number of hydrogen-bond acceptors (Lipinski definition) is 2. The van der Waals surface area contributed by atoms with Gasteiger partial charge in [-0.25, -0.2) is 0 Å². The van der Waals surface area contributed by atoms with Gasteiger partial charge >= 0.3 is 0 Å². The Morgan fingerprint density at radius 1 is 0.969 bits per heavy atom. The van der Waals surface area contributed by atoms with Crippen LogP contribution in [0.3, 0.4) is 0 Å². The van der Waals surface area contributed by atoms with E-state index < -0.39 is 12.2 Å². The summed E-state index contributed by atoms with van der Waals surface area (Å²) in [4.78, 5) is 0. The Morgan fingerprint density at radius 3 is 2.31 bits per heavy atom. The standard InChI is InChI=1S/C30H50O2/c1-19(2)10-9-11-20(3)21-14-16-29(7)22-12-13-24-27(4,5)25(31)18-26(32)30(24,8)23(22)15-17-28(21,29)6/h10,20-21,24-26,31-32H,9,11-18H2,1-8H3/t20-,21-,24+,25+,26?,28-,29+,30-/m1/s1. The van der Waals surface area contributed by atoms with Crippen molar-refractivity contribution in [2.45, 2.75) is 125 Å². The molecule has 0 amide bonds.